The first kappa shape index (κ1) is 24.8. The Kier molecular flexibility index (Phi) is 6.41. The van der Waals surface area contributed by atoms with Gasteiger partial charge in [-0.25, -0.2) is 4.39 Å². The molecule has 0 unspecified atom stereocenters. The zero-order valence-corrected chi connectivity index (χ0v) is 18.6. The van der Waals surface area contributed by atoms with Gasteiger partial charge in [0.1, 0.15) is 11.8 Å². The molecule has 2 heterocycles. The summed E-state index contributed by atoms with van der Waals surface area (Å²) in [6.07, 6.45) is -5.68. The van der Waals surface area contributed by atoms with Gasteiger partial charge >= 0.3 is 6.18 Å². The van der Waals surface area contributed by atoms with Crippen LogP contribution in [0.25, 0.3) is 0 Å². The molecule has 2 amide bonds. The molecule has 4 N–H and O–H groups in total. The molecule has 178 valence electrons. The van der Waals surface area contributed by atoms with Crippen molar-refractivity contribution in [3.8, 4) is 5.75 Å². The summed E-state index contributed by atoms with van der Waals surface area (Å²) in [5.41, 5.74) is 1.59. The second kappa shape index (κ2) is 8.52. The van der Waals surface area contributed by atoms with E-state index >= 15 is 0 Å². The lowest BCUT2D eigenvalue weighted by atomic mass is 9.77. The number of carbonyl (C=O) groups excluding carboxylic acids is 2. The average Bonchev–Trinajstić information content (AvgIpc) is 3.01. The molecule has 1 aliphatic heterocycles. The van der Waals surface area contributed by atoms with E-state index in [1.54, 1.807) is 0 Å². The highest BCUT2D eigenvalue weighted by atomic mass is 79.9. The molecule has 1 fully saturated rings. The van der Waals surface area contributed by atoms with Crippen LogP contribution in [0.2, 0.25) is 0 Å². The Morgan fingerprint density at radius 2 is 1.91 bits per heavy atom. The number of primary amides is 1. The second-order valence-corrected chi connectivity index (χ2v) is 8.52. The number of phenols is 1. The number of nitrogens with two attached hydrogens (primary N) is 1. The minimum atomic E-state index is -4.94. The van der Waals surface area contributed by atoms with Crippen LogP contribution >= 0.6 is 15.9 Å². The van der Waals surface area contributed by atoms with Crippen LogP contribution in [0.4, 0.5) is 27.6 Å². The Morgan fingerprint density at radius 1 is 1.27 bits per heavy atom. The molecule has 1 saturated heterocycles. The molecule has 0 aliphatic carbocycles. The van der Waals surface area contributed by atoms with Crippen LogP contribution in [0.3, 0.4) is 0 Å². The molecule has 0 saturated carbocycles. The maximum Gasteiger partial charge on any atom is 0.417 e. The summed E-state index contributed by atoms with van der Waals surface area (Å²) in [7, 11) is 0. The van der Waals surface area contributed by atoms with E-state index in [0.29, 0.717) is 0 Å². The van der Waals surface area contributed by atoms with Gasteiger partial charge in [-0.05, 0) is 41.1 Å². The smallest absolute Gasteiger partial charge is 0.417 e. The van der Waals surface area contributed by atoms with E-state index in [-0.39, 0.29) is 11.4 Å². The van der Waals surface area contributed by atoms with Gasteiger partial charge in [-0.3, -0.25) is 14.6 Å². The van der Waals surface area contributed by atoms with Gasteiger partial charge in [0.05, 0.1) is 4.47 Å². The molecule has 2 aromatic rings. The molecule has 1 aromatic heterocycles. The Morgan fingerprint density at radius 3 is 2.48 bits per heavy atom. The first-order valence-electron chi connectivity index (χ1n) is 9.36. The number of nitrogens with one attached hydrogen (secondary N) is 1. The van der Waals surface area contributed by atoms with Gasteiger partial charge in [0.15, 0.2) is 17.2 Å². The first-order chi connectivity index (χ1) is 15.2. The summed E-state index contributed by atoms with van der Waals surface area (Å²) in [6.45, 7) is 1.85. The zero-order chi connectivity index (χ0) is 24.9. The Balaban J connectivity index is 2.08. The molecule has 4 atom stereocenters. The van der Waals surface area contributed by atoms with E-state index in [2.05, 4.69) is 26.2 Å². The lowest BCUT2D eigenvalue weighted by Crippen LogP contribution is -2.47. The van der Waals surface area contributed by atoms with E-state index in [9.17, 15) is 36.6 Å². The van der Waals surface area contributed by atoms with Gasteiger partial charge in [-0.15, -0.1) is 0 Å². The molecule has 7 nitrogen and oxygen atoms in total. The highest BCUT2D eigenvalue weighted by molar-refractivity contribution is 9.10. The van der Waals surface area contributed by atoms with Gasteiger partial charge in [-0.1, -0.05) is 6.92 Å². The van der Waals surface area contributed by atoms with Gasteiger partial charge in [-0.2, -0.15) is 17.6 Å². The molecule has 33 heavy (non-hydrogen) atoms. The fourth-order valence-corrected chi connectivity index (χ4v) is 4.16. The van der Waals surface area contributed by atoms with Crippen LogP contribution in [-0.2, 0) is 9.53 Å². The van der Waals surface area contributed by atoms with Crippen molar-refractivity contribution in [3.05, 3.63) is 51.8 Å². The van der Waals surface area contributed by atoms with Gasteiger partial charge in [0.25, 0.3) is 11.8 Å². The Bertz CT molecular complexity index is 1130. The summed E-state index contributed by atoms with van der Waals surface area (Å²) in [5.74, 6) is -9.39. The van der Waals surface area contributed by atoms with E-state index in [0.717, 1.165) is 32.2 Å². The molecule has 3 rings (SSSR count). The highest BCUT2D eigenvalue weighted by Crippen LogP contribution is 2.55. The average molecular weight is 538 g/mol. The zero-order valence-electron chi connectivity index (χ0n) is 17.0. The fourth-order valence-electron chi connectivity index (χ4n) is 3.74. The van der Waals surface area contributed by atoms with Crippen LogP contribution in [0.1, 0.15) is 35.8 Å². The van der Waals surface area contributed by atoms with Crippen molar-refractivity contribution in [3.63, 3.8) is 0 Å². The number of aromatic nitrogens is 1. The highest BCUT2D eigenvalue weighted by Gasteiger charge is 2.65. The van der Waals surface area contributed by atoms with Crippen molar-refractivity contribution in [1.29, 1.82) is 0 Å². The lowest BCUT2D eigenvalue weighted by Gasteiger charge is -2.31. The predicted molar refractivity (Wildman–Crippen MR) is 108 cm³/mol. The number of rotatable bonds is 4. The number of aromatic hydroxyl groups is 1. The van der Waals surface area contributed by atoms with Gasteiger partial charge < -0.3 is 20.9 Å². The molecule has 1 aliphatic rings. The molecular weight excluding hydrogens is 521 g/mol. The van der Waals surface area contributed by atoms with E-state index in [4.69, 9.17) is 10.5 Å². The Hall–Kier alpha value is -2.80. The number of alkyl halides is 3. The third-order valence-electron chi connectivity index (χ3n) is 5.73. The van der Waals surface area contributed by atoms with Crippen molar-refractivity contribution in [2.45, 2.75) is 37.6 Å². The van der Waals surface area contributed by atoms with Crippen LogP contribution in [0, 0.1) is 17.6 Å². The number of phenolic OH excluding ortho intramolecular Hbond substituents is 1. The molecule has 0 spiro atoms. The molecule has 1 aromatic carbocycles. The van der Waals surface area contributed by atoms with E-state index in [1.165, 1.54) is 6.07 Å². The number of hydrogen-bond donors (Lipinski definition) is 3. The van der Waals surface area contributed by atoms with Crippen molar-refractivity contribution in [1.82, 2.24) is 4.98 Å². The maximum atomic E-state index is 14.2. The number of halogens is 6. The molecular formula is C20H17BrF5N3O4. The summed E-state index contributed by atoms with van der Waals surface area (Å²) in [5, 5.41) is 12.5. The quantitative estimate of drug-likeness (QED) is 0.402. The number of pyridine rings is 1. The summed E-state index contributed by atoms with van der Waals surface area (Å²) in [6, 6.07) is 3.26. The summed E-state index contributed by atoms with van der Waals surface area (Å²) < 4.78 is 74.4. The molecule has 0 radical (unpaired) electrons. The fraction of sp³-hybridized carbons (Fsp3) is 0.350. The number of anilines is 1. The maximum absolute atomic E-state index is 14.2. The van der Waals surface area contributed by atoms with Gasteiger partial charge in [0.2, 0.25) is 5.82 Å². The predicted octanol–water partition coefficient (Wildman–Crippen LogP) is 4.01. The lowest BCUT2D eigenvalue weighted by molar-refractivity contribution is -0.272. The van der Waals surface area contributed by atoms with Gasteiger partial charge in [0, 0.05) is 29.3 Å². The number of nitrogens with zero attached hydrogens (tertiary/aromatic N) is 1. The number of ether oxygens (including phenoxy) is 1. The number of hydrogen-bond acceptors (Lipinski definition) is 5. The van der Waals surface area contributed by atoms with Crippen LogP contribution < -0.4 is 11.1 Å². The standard InChI is InChI=1S/C20H17BrF5N3O4/c1-7-12(9-6-10(21)13(22)14(23)15(9)30)16(33-19(7,2)20(24,25)26)18(32)29-8-3-4-28-11(5-8)17(27)31/h3-7,12,16,30H,1-2H3,(H2,27,31)(H,28,29,32)/t7-,12-,16+,19+/m0/s1. The molecule has 13 heteroatoms. The third kappa shape index (κ3) is 4.26. The van der Waals surface area contributed by atoms with Crippen LogP contribution in [0.15, 0.2) is 28.9 Å². The second-order valence-electron chi connectivity index (χ2n) is 7.67. The molecule has 0 bridgehead atoms. The van der Waals surface area contributed by atoms with Crippen LogP contribution in [0.5, 0.6) is 5.75 Å². The Labute approximate surface area is 192 Å². The largest absolute Gasteiger partial charge is 0.505 e. The third-order valence-corrected chi connectivity index (χ3v) is 6.31. The minimum Gasteiger partial charge on any atom is -0.505 e. The van der Waals surface area contributed by atoms with E-state index < -0.39 is 69.0 Å². The van der Waals surface area contributed by atoms with Crippen LogP contribution in [-0.4, -0.2) is 39.8 Å². The first-order valence-corrected chi connectivity index (χ1v) is 10.2. The van der Waals surface area contributed by atoms with E-state index in [1.807, 2.05) is 0 Å². The summed E-state index contributed by atoms with van der Waals surface area (Å²) >= 11 is 2.76. The monoisotopic (exact) mass is 537 g/mol. The SMILES string of the molecule is C[C@H]1[C@@H](c2cc(Br)c(F)c(F)c2O)[C@H](C(=O)Nc2ccnc(C(N)=O)c2)O[C@@]1(C)C(F)(F)F. The van der Waals surface area contributed by atoms with Crippen molar-refractivity contribution >= 4 is 33.4 Å². The van der Waals surface area contributed by atoms with Crippen molar-refractivity contribution in [2.24, 2.45) is 11.7 Å². The number of amides is 2. The minimum absolute atomic E-state index is 0.0184. The van der Waals surface area contributed by atoms with Crippen molar-refractivity contribution in [2.75, 3.05) is 5.32 Å². The van der Waals surface area contributed by atoms with Crippen molar-refractivity contribution < 1.29 is 41.4 Å². The topological polar surface area (TPSA) is 115 Å². The summed E-state index contributed by atoms with van der Waals surface area (Å²) in [4.78, 5) is 28.0. The number of carbonyl (C=O) groups is 2. The normalized spacial score (nSPS) is 25.2. The number of benzene rings is 1.